The molecule has 0 saturated carbocycles. The normalized spacial score (nSPS) is 18.5. The third-order valence-corrected chi connectivity index (χ3v) is 9.18. The minimum atomic E-state index is -1.51. The van der Waals surface area contributed by atoms with Crippen molar-refractivity contribution in [2.24, 2.45) is 12.8 Å². The van der Waals surface area contributed by atoms with Crippen molar-refractivity contribution >= 4 is 52.9 Å². The van der Waals surface area contributed by atoms with Crippen LogP contribution in [0.4, 0.5) is 5.69 Å². The van der Waals surface area contributed by atoms with Crippen LogP contribution < -0.4 is 5.73 Å². The highest BCUT2D eigenvalue weighted by atomic mass is 32.2. The molecule has 0 radical (unpaired) electrons. The molecule has 1 aromatic heterocycles. The number of nitro groups is 1. The smallest absolute Gasteiger partial charge is 0.352 e. The summed E-state index contributed by atoms with van der Waals surface area (Å²) in [5.41, 5.74) is 5.51. The number of nitro benzene ring substituents is 1. The van der Waals surface area contributed by atoms with E-state index in [1.54, 1.807) is 37.4 Å². The second kappa shape index (κ2) is 11.8. The number of carboxylic acid groups (broad SMARTS) is 1. The molecule has 4 N–H and O–H groups in total. The van der Waals surface area contributed by atoms with Gasteiger partial charge in [-0.15, -0.1) is 16.9 Å². The first kappa shape index (κ1) is 29.7. The van der Waals surface area contributed by atoms with Gasteiger partial charge in [-0.2, -0.15) is 0 Å². The number of phenolic OH excluding ortho intramolecular Hbond substituents is 1. The van der Waals surface area contributed by atoms with Crippen molar-refractivity contribution in [3.05, 3.63) is 81.0 Å². The summed E-state index contributed by atoms with van der Waals surface area (Å²) in [6.07, 6.45) is 0. The Morgan fingerprint density at radius 1 is 1.26 bits per heavy atom. The quantitative estimate of drug-likeness (QED) is 0.130. The van der Waals surface area contributed by atoms with Crippen molar-refractivity contribution < 1.29 is 34.3 Å². The van der Waals surface area contributed by atoms with E-state index >= 15 is 0 Å². The number of rotatable bonds is 9. The Balaban J connectivity index is 1.52. The number of amides is 3. The van der Waals surface area contributed by atoms with Crippen LogP contribution in [0.25, 0.3) is 0 Å². The summed E-state index contributed by atoms with van der Waals surface area (Å²) in [6.45, 7) is 0. The number of hydrogen-bond donors (Lipinski definition) is 3. The van der Waals surface area contributed by atoms with Crippen molar-refractivity contribution in [2.75, 3.05) is 11.5 Å². The average Bonchev–Trinajstić information content (AvgIpc) is 3.41. The molecule has 18 heteroatoms. The zero-order valence-electron chi connectivity index (χ0n) is 22.1. The summed E-state index contributed by atoms with van der Waals surface area (Å²) in [7, 11) is 1.62. The van der Waals surface area contributed by atoms with E-state index in [2.05, 4.69) is 15.5 Å². The lowest BCUT2D eigenvalue weighted by molar-refractivity contribution is -0.384. The number of fused-ring (bicyclic) bond motifs is 1. The van der Waals surface area contributed by atoms with Gasteiger partial charge >= 0.3 is 5.97 Å². The summed E-state index contributed by atoms with van der Waals surface area (Å²) in [5, 5.41) is 42.4. The number of aromatic nitrogens is 4. The second-order valence-electron chi connectivity index (χ2n) is 9.35. The molecule has 0 spiro atoms. The van der Waals surface area contributed by atoms with Crippen molar-refractivity contribution in [1.82, 2.24) is 30.0 Å². The van der Waals surface area contributed by atoms with Crippen molar-refractivity contribution in [1.29, 1.82) is 0 Å². The van der Waals surface area contributed by atoms with Crippen LogP contribution in [0.5, 0.6) is 5.75 Å². The number of aliphatic carboxylic acids is 1. The van der Waals surface area contributed by atoms with E-state index in [0.29, 0.717) is 21.2 Å². The van der Waals surface area contributed by atoms with Gasteiger partial charge in [-0.1, -0.05) is 42.1 Å². The Bertz CT molecular complexity index is 1680. The summed E-state index contributed by atoms with van der Waals surface area (Å²) in [5.74, 6) is -4.86. The third kappa shape index (κ3) is 5.42. The van der Waals surface area contributed by atoms with Gasteiger partial charge in [0.15, 0.2) is 0 Å². The first-order valence-corrected chi connectivity index (χ1v) is 14.4. The number of hydrogen-bond acceptors (Lipinski definition) is 13. The minimum absolute atomic E-state index is 0.133. The molecular weight excluding hydrogens is 604 g/mol. The number of non-ortho nitro benzene ring substituents is 1. The lowest BCUT2D eigenvalue weighted by atomic mass is 9.97. The molecule has 43 heavy (non-hydrogen) atoms. The van der Waals surface area contributed by atoms with Gasteiger partial charge in [0.25, 0.3) is 23.4 Å². The highest BCUT2D eigenvalue weighted by Crippen LogP contribution is 2.44. The zero-order chi connectivity index (χ0) is 31.0. The minimum Gasteiger partial charge on any atom is -0.507 e. The molecule has 5 rings (SSSR count). The van der Waals surface area contributed by atoms with Crippen LogP contribution in [0.15, 0.2) is 65.0 Å². The van der Waals surface area contributed by atoms with Gasteiger partial charge in [-0.05, 0) is 27.6 Å². The molecule has 0 aliphatic carbocycles. The number of aromatic hydroxyl groups is 1. The molecule has 3 amide bonds. The number of carbonyl (C=O) groups excluding carboxylic acids is 3. The number of benzene rings is 2. The van der Waals surface area contributed by atoms with Gasteiger partial charge < -0.3 is 15.9 Å². The van der Waals surface area contributed by atoms with Crippen molar-refractivity contribution in [3.63, 3.8) is 0 Å². The van der Waals surface area contributed by atoms with E-state index in [-0.39, 0.29) is 17.2 Å². The van der Waals surface area contributed by atoms with E-state index in [1.807, 2.05) is 0 Å². The van der Waals surface area contributed by atoms with Crippen LogP contribution in [-0.4, -0.2) is 91.8 Å². The molecule has 1 fully saturated rings. The third-order valence-electron chi connectivity index (χ3n) is 6.76. The van der Waals surface area contributed by atoms with E-state index in [0.717, 1.165) is 34.9 Å². The molecule has 1 unspecified atom stereocenters. The summed E-state index contributed by atoms with van der Waals surface area (Å²) < 4.78 is 1.41. The molecule has 3 aromatic rings. The number of thioether (sulfide) groups is 2. The Morgan fingerprint density at radius 3 is 2.60 bits per heavy atom. The number of carbonyl (C=O) groups is 4. The number of carboxylic acids is 1. The fourth-order valence-electron chi connectivity index (χ4n) is 4.63. The van der Waals surface area contributed by atoms with Crippen LogP contribution in [0.3, 0.4) is 0 Å². The van der Waals surface area contributed by atoms with Gasteiger partial charge in [0.2, 0.25) is 5.16 Å². The van der Waals surface area contributed by atoms with Gasteiger partial charge in [-0.3, -0.25) is 34.3 Å². The fourth-order valence-corrected chi connectivity index (χ4v) is 7.01. The molecule has 0 bridgehead atoms. The predicted octanol–water partition coefficient (Wildman–Crippen LogP) is 0.907. The maximum absolute atomic E-state index is 13.9. The number of imide groups is 1. The second-order valence-corrected chi connectivity index (χ2v) is 11.4. The summed E-state index contributed by atoms with van der Waals surface area (Å²) in [6, 6.07) is 7.77. The number of β-lactam (4-membered cyclic amide) rings is 1. The standard InChI is InChI=1S/C25H22N8O8S2/c1-30-25(27-28-29-30)43-11-13-10-42-23-19(22(37)32(23)18(13)24(38)39)31(21(36)17(26)12-5-3-2-4-6-12)20(35)15-9-14(33(40)41)7-8-16(15)34/h2-9,17,19,23,34H,10-11,26H2,1H3,(H,38,39)/t17-,19?,23-/m1/s1. The summed E-state index contributed by atoms with van der Waals surface area (Å²) in [4.78, 5) is 65.8. The molecule has 222 valence electrons. The molecule has 3 heterocycles. The van der Waals surface area contributed by atoms with E-state index < -0.39 is 63.1 Å². The molecule has 3 atom stereocenters. The molecule has 1 saturated heterocycles. The lowest BCUT2D eigenvalue weighted by Crippen LogP contribution is -2.72. The van der Waals surface area contributed by atoms with Crippen LogP contribution >= 0.6 is 23.5 Å². The van der Waals surface area contributed by atoms with Crippen LogP contribution in [0.2, 0.25) is 0 Å². The number of phenols is 1. The maximum Gasteiger partial charge on any atom is 0.352 e. The lowest BCUT2D eigenvalue weighted by Gasteiger charge is -2.52. The van der Waals surface area contributed by atoms with E-state index in [9.17, 15) is 39.5 Å². The first-order chi connectivity index (χ1) is 20.5. The fraction of sp³-hybridized carbons (Fsp3) is 0.240. The Labute approximate surface area is 250 Å². The van der Waals surface area contributed by atoms with Gasteiger partial charge in [-0.25, -0.2) is 9.48 Å². The topological polar surface area (TPSA) is 228 Å². The summed E-state index contributed by atoms with van der Waals surface area (Å²) >= 11 is 2.30. The number of nitrogens with two attached hydrogens (primary N) is 1. The van der Waals surface area contributed by atoms with Gasteiger partial charge in [0.05, 0.1) is 10.5 Å². The SMILES string of the molecule is Cn1nnnc1SCC1=C(C(=O)O)N2C(=O)C(N(C(=O)c3cc([N+](=O)[O-])ccc3O)C(=O)[C@H](N)c3ccccc3)[C@H]2SC1. The van der Waals surface area contributed by atoms with Crippen molar-refractivity contribution in [2.45, 2.75) is 22.6 Å². The van der Waals surface area contributed by atoms with Crippen LogP contribution in [0, 0.1) is 10.1 Å². The molecule has 16 nitrogen and oxygen atoms in total. The van der Waals surface area contributed by atoms with Crippen molar-refractivity contribution in [3.8, 4) is 5.75 Å². The van der Waals surface area contributed by atoms with Gasteiger partial charge in [0, 0.05) is 30.7 Å². The van der Waals surface area contributed by atoms with E-state index in [4.69, 9.17) is 5.73 Å². The largest absolute Gasteiger partial charge is 0.507 e. The molecule has 2 aliphatic heterocycles. The van der Waals surface area contributed by atoms with Gasteiger partial charge in [0.1, 0.15) is 28.9 Å². The average molecular weight is 627 g/mol. The Morgan fingerprint density at radius 2 is 1.98 bits per heavy atom. The molecule has 2 aromatic carbocycles. The maximum atomic E-state index is 13.9. The molecule has 2 aliphatic rings. The van der Waals surface area contributed by atoms with Crippen LogP contribution in [0.1, 0.15) is 22.0 Å². The van der Waals surface area contributed by atoms with Crippen LogP contribution in [-0.2, 0) is 21.4 Å². The number of tetrazole rings is 1. The Hall–Kier alpha value is -4.81. The number of aryl methyl sites for hydroxylation is 1. The molecular formula is C25H22N8O8S2. The Kier molecular flexibility index (Phi) is 8.16. The number of nitrogens with zero attached hydrogens (tertiary/aromatic N) is 7. The monoisotopic (exact) mass is 626 g/mol. The predicted molar refractivity (Wildman–Crippen MR) is 150 cm³/mol. The first-order valence-electron chi connectivity index (χ1n) is 12.4. The highest BCUT2D eigenvalue weighted by Gasteiger charge is 2.59. The zero-order valence-corrected chi connectivity index (χ0v) is 23.8. The van der Waals surface area contributed by atoms with E-state index in [1.165, 1.54) is 16.4 Å². The highest BCUT2D eigenvalue weighted by molar-refractivity contribution is 8.01.